The third-order valence-corrected chi connectivity index (χ3v) is 2.27. The fraction of sp³-hybridized carbons (Fsp3) is 1.00. The Hall–Kier alpha value is -0.890. The molecule has 0 bridgehead atoms. The van der Waals surface area contributed by atoms with Crippen LogP contribution in [0.1, 0.15) is 0 Å². The number of azide groups is 1. The third-order valence-electron chi connectivity index (χ3n) is 2.27. The van der Waals surface area contributed by atoms with Crippen LogP contribution in [0.4, 0.5) is 0 Å². The fourth-order valence-corrected chi connectivity index (χ4v) is 1.46. The Morgan fingerprint density at radius 3 is 2.60 bits per heavy atom. The zero-order valence-corrected chi connectivity index (χ0v) is 8.09. The van der Waals surface area contributed by atoms with Crippen LogP contribution in [0, 0.1) is 0 Å². The van der Waals surface area contributed by atoms with Gasteiger partial charge >= 0.3 is 0 Å². The fourth-order valence-electron chi connectivity index (χ4n) is 1.46. The second kappa shape index (κ2) is 5.26. The molecular formula is C7H13N3O5. The molecule has 15 heavy (non-hydrogen) atoms. The van der Waals surface area contributed by atoms with Gasteiger partial charge in [0.15, 0.2) is 6.29 Å². The molecule has 0 aromatic carbocycles. The van der Waals surface area contributed by atoms with E-state index in [4.69, 9.17) is 20.1 Å². The number of hydrogen-bond donors (Lipinski definition) is 3. The van der Waals surface area contributed by atoms with E-state index >= 15 is 0 Å². The normalized spacial score (nSPS) is 40.9. The van der Waals surface area contributed by atoms with Gasteiger partial charge in [0.2, 0.25) is 0 Å². The summed E-state index contributed by atoms with van der Waals surface area (Å²) >= 11 is 0. The maximum absolute atomic E-state index is 9.59. The number of aliphatic hydroxyl groups excluding tert-OH is 3. The van der Waals surface area contributed by atoms with E-state index < -0.39 is 37.3 Å². The Morgan fingerprint density at radius 1 is 1.47 bits per heavy atom. The Kier molecular flexibility index (Phi) is 4.28. The topological polar surface area (TPSA) is 128 Å². The number of rotatable bonds is 3. The van der Waals surface area contributed by atoms with E-state index in [0.717, 1.165) is 0 Å². The van der Waals surface area contributed by atoms with Gasteiger partial charge in [-0.1, -0.05) is 5.11 Å². The van der Waals surface area contributed by atoms with Crippen molar-refractivity contribution in [3.8, 4) is 0 Å². The lowest BCUT2D eigenvalue weighted by Crippen LogP contribution is -2.58. The van der Waals surface area contributed by atoms with Crippen LogP contribution in [0.2, 0.25) is 0 Å². The highest BCUT2D eigenvalue weighted by Gasteiger charge is 2.43. The van der Waals surface area contributed by atoms with Crippen molar-refractivity contribution in [1.29, 1.82) is 0 Å². The van der Waals surface area contributed by atoms with Crippen molar-refractivity contribution in [3.63, 3.8) is 0 Å². The summed E-state index contributed by atoms with van der Waals surface area (Å²) in [6.45, 7) is -0.453. The quantitative estimate of drug-likeness (QED) is 0.310. The molecule has 1 heterocycles. The highest BCUT2D eigenvalue weighted by Crippen LogP contribution is 2.23. The summed E-state index contributed by atoms with van der Waals surface area (Å²) in [7, 11) is 1.30. The number of aliphatic hydroxyl groups is 3. The number of nitrogens with zero attached hydrogens (tertiary/aromatic N) is 3. The zero-order chi connectivity index (χ0) is 11.4. The van der Waals surface area contributed by atoms with Crippen molar-refractivity contribution in [2.45, 2.75) is 30.6 Å². The minimum atomic E-state index is -1.26. The van der Waals surface area contributed by atoms with Crippen LogP contribution in [0.15, 0.2) is 5.11 Å². The Balaban J connectivity index is 2.85. The van der Waals surface area contributed by atoms with Gasteiger partial charge in [-0.2, -0.15) is 0 Å². The van der Waals surface area contributed by atoms with Gasteiger partial charge < -0.3 is 24.8 Å². The van der Waals surface area contributed by atoms with E-state index in [1.54, 1.807) is 0 Å². The molecule has 0 amide bonds. The van der Waals surface area contributed by atoms with E-state index in [1.165, 1.54) is 7.11 Å². The van der Waals surface area contributed by atoms with Crippen molar-refractivity contribution < 1.29 is 24.8 Å². The van der Waals surface area contributed by atoms with E-state index in [0.29, 0.717) is 0 Å². The highest BCUT2D eigenvalue weighted by atomic mass is 16.7. The van der Waals surface area contributed by atoms with Crippen molar-refractivity contribution in [3.05, 3.63) is 10.4 Å². The summed E-state index contributed by atoms with van der Waals surface area (Å²) in [5.74, 6) is 0. The summed E-state index contributed by atoms with van der Waals surface area (Å²) in [6.07, 6.45) is -4.48. The van der Waals surface area contributed by atoms with Gasteiger partial charge in [0, 0.05) is 12.0 Å². The second-order valence-electron chi connectivity index (χ2n) is 3.14. The van der Waals surface area contributed by atoms with Gasteiger partial charge in [0.1, 0.15) is 12.2 Å². The van der Waals surface area contributed by atoms with E-state index in [2.05, 4.69) is 10.0 Å². The summed E-state index contributed by atoms with van der Waals surface area (Å²) in [5, 5.41) is 31.3. The molecule has 0 aliphatic carbocycles. The third kappa shape index (κ3) is 2.37. The Labute approximate surface area is 85.7 Å². The summed E-state index contributed by atoms with van der Waals surface area (Å²) in [5.41, 5.74) is 8.26. The van der Waals surface area contributed by atoms with E-state index in [1.807, 2.05) is 0 Å². The first-order chi connectivity index (χ1) is 7.15. The number of ether oxygens (including phenoxy) is 2. The van der Waals surface area contributed by atoms with Crippen molar-refractivity contribution >= 4 is 0 Å². The van der Waals surface area contributed by atoms with E-state index in [-0.39, 0.29) is 0 Å². The number of methoxy groups -OCH3 is 1. The average Bonchev–Trinajstić information content (AvgIpc) is 2.25. The molecule has 1 saturated heterocycles. The van der Waals surface area contributed by atoms with Crippen LogP contribution >= 0.6 is 0 Å². The molecular weight excluding hydrogens is 206 g/mol. The summed E-state index contributed by atoms with van der Waals surface area (Å²) < 4.78 is 9.81. The molecule has 1 rings (SSSR count). The van der Waals surface area contributed by atoms with Crippen molar-refractivity contribution in [2.24, 2.45) is 5.11 Å². The molecule has 0 saturated carbocycles. The summed E-state index contributed by atoms with van der Waals surface area (Å²) in [6, 6.07) is -1.09. The molecule has 5 atom stereocenters. The van der Waals surface area contributed by atoms with Crippen LogP contribution in [-0.2, 0) is 9.47 Å². The first kappa shape index (κ1) is 12.2. The molecule has 0 aromatic rings. The molecule has 1 aliphatic rings. The molecule has 8 nitrogen and oxygen atoms in total. The van der Waals surface area contributed by atoms with Crippen molar-refractivity contribution in [2.75, 3.05) is 13.7 Å². The van der Waals surface area contributed by atoms with Crippen LogP contribution in [0.5, 0.6) is 0 Å². The Morgan fingerprint density at radius 2 is 2.13 bits per heavy atom. The molecule has 86 valence electrons. The lowest BCUT2D eigenvalue weighted by Gasteiger charge is -2.39. The minimum absolute atomic E-state index is 0.453. The standard InChI is InChI=1S/C7H13N3O5/c1-14-7-6(13)4(9-10-8)5(12)3(2-11)15-7/h3-7,11-13H,2H2,1H3/t3?,4-,5+,6?,7+/m0/s1. The van der Waals surface area contributed by atoms with Gasteiger partial charge in [0.05, 0.1) is 18.8 Å². The lowest BCUT2D eigenvalue weighted by molar-refractivity contribution is -0.267. The highest BCUT2D eigenvalue weighted by molar-refractivity contribution is 4.94. The lowest BCUT2D eigenvalue weighted by atomic mass is 9.97. The molecule has 1 fully saturated rings. The van der Waals surface area contributed by atoms with Gasteiger partial charge in [-0.05, 0) is 5.53 Å². The first-order valence-corrected chi connectivity index (χ1v) is 4.35. The van der Waals surface area contributed by atoms with Crippen LogP contribution in [-0.4, -0.2) is 59.7 Å². The predicted molar refractivity (Wildman–Crippen MR) is 47.7 cm³/mol. The van der Waals surface area contributed by atoms with Crippen LogP contribution in [0.3, 0.4) is 0 Å². The number of hydrogen-bond acceptors (Lipinski definition) is 6. The summed E-state index contributed by atoms with van der Waals surface area (Å²) in [4.78, 5) is 2.51. The van der Waals surface area contributed by atoms with Crippen LogP contribution < -0.4 is 0 Å². The largest absolute Gasteiger partial charge is 0.394 e. The molecule has 0 spiro atoms. The van der Waals surface area contributed by atoms with Gasteiger partial charge in [0.25, 0.3) is 0 Å². The Bertz CT molecular complexity index is 241. The monoisotopic (exact) mass is 219 g/mol. The van der Waals surface area contributed by atoms with Gasteiger partial charge in [-0.25, -0.2) is 0 Å². The first-order valence-electron chi connectivity index (χ1n) is 4.35. The minimum Gasteiger partial charge on any atom is -0.394 e. The maximum atomic E-state index is 9.59. The molecule has 0 aromatic heterocycles. The maximum Gasteiger partial charge on any atom is 0.184 e. The molecule has 2 unspecified atom stereocenters. The molecule has 8 heteroatoms. The van der Waals surface area contributed by atoms with Gasteiger partial charge in [-0.15, -0.1) is 0 Å². The van der Waals surface area contributed by atoms with Crippen molar-refractivity contribution in [1.82, 2.24) is 0 Å². The molecule has 0 radical (unpaired) electrons. The predicted octanol–water partition coefficient (Wildman–Crippen LogP) is -1.25. The van der Waals surface area contributed by atoms with Gasteiger partial charge in [-0.3, -0.25) is 0 Å². The van der Waals surface area contributed by atoms with E-state index in [9.17, 15) is 10.2 Å². The second-order valence-corrected chi connectivity index (χ2v) is 3.14. The zero-order valence-electron chi connectivity index (χ0n) is 8.09. The molecule has 3 N–H and O–H groups in total. The average molecular weight is 219 g/mol. The molecule has 1 aliphatic heterocycles. The van der Waals surface area contributed by atoms with Crippen LogP contribution in [0.25, 0.3) is 10.4 Å². The SMILES string of the molecule is CO[C@@H]1OC(CO)[C@@H](O)[C@H](N=[N+]=[N-])C1O. The smallest absolute Gasteiger partial charge is 0.184 e.